The molecule has 0 saturated carbocycles. The second-order valence-corrected chi connectivity index (χ2v) is 14.5. The molecule has 51 heavy (non-hydrogen) atoms. The van der Waals surface area contributed by atoms with E-state index in [2.05, 4.69) is 23.8 Å². The van der Waals surface area contributed by atoms with E-state index in [1.807, 2.05) is 31.2 Å². The summed E-state index contributed by atoms with van der Waals surface area (Å²) in [6, 6.07) is 10.7. The minimum atomic E-state index is -0.0809. The lowest BCUT2D eigenvalue weighted by atomic mass is 10.1. The maximum Gasteiger partial charge on any atom is 0.128 e. The summed E-state index contributed by atoms with van der Waals surface area (Å²) in [6.45, 7) is 8.33. The van der Waals surface area contributed by atoms with Crippen LogP contribution in [-0.2, 0) is 0 Å². The average molecular weight is 707 g/mol. The molecule has 0 aromatic heterocycles. The Balaban J connectivity index is 1.55. The van der Waals surface area contributed by atoms with Crippen LogP contribution >= 0.6 is 0 Å². The monoisotopic (exact) mass is 707 g/mol. The number of aliphatic imine (C=N–C) groups is 2. The van der Waals surface area contributed by atoms with E-state index in [0.29, 0.717) is 42.4 Å². The molecule has 0 saturated heterocycles. The number of benzene rings is 2. The maximum atomic E-state index is 10.5. The van der Waals surface area contributed by atoms with Crippen LogP contribution < -0.4 is 9.47 Å². The molecule has 2 rings (SSSR count). The predicted octanol–water partition coefficient (Wildman–Crippen LogP) is 13.2. The Bertz CT molecular complexity index is 1180. The summed E-state index contributed by atoms with van der Waals surface area (Å²) >= 11 is 0. The molecule has 0 heterocycles. The Morgan fingerprint density at radius 2 is 0.863 bits per heavy atom. The summed E-state index contributed by atoms with van der Waals surface area (Å²) in [4.78, 5) is 9.04. The summed E-state index contributed by atoms with van der Waals surface area (Å²) in [6.07, 6.45) is 35.0. The molecule has 6 heteroatoms. The quantitative estimate of drug-likeness (QED) is 0.0571. The molecule has 2 aromatic rings. The normalized spacial score (nSPS) is 12.3. The summed E-state index contributed by atoms with van der Waals surface area (Å²) < 4.78 is 11.7. The van der Waals surface area contributed by atoms with Gasteiger partial charge in [0, 0.05) is 35.7 Å². The Morgan fingerprint density at radius 3 is 1.24 bits per heavy atom. The second-order valence-electron chi connectivity index (χ2n) is 14.5. The fourth-order valence-electron chi connectivity index (χ4n) is 6.27. The minimum absolute atomic E-state index is 0.0809. The fraction of sp³-hybridized carbons (Fsp3) is 0.689. The van der Waals surface area contributed by atoms with Gasteiger partial charge in [-0.15, -0.1) is 0 Å². The smallest absolute Gasteiger partial charge is 0.128 e. The van der Waals surface area contributed by atoms with Crippen molar-refractivity contribution in [1.29, 1.82) is 0 Å². The first kappa shape index (κ1) is 44.1. The standard InChI is InChI=1S/C45H74N2O4/c1-4-6-8-10-12-14-16-18-20-22-24-26-32-50-42-30-28-40(44(48)34-42)37-46-36-39(3)47-38-41-29-31-43(35-45(41)49)51-33-27-25-23-21-19-17-15-13-11-9-7-5-2/h28-31,34-35,37-39,48-49H,4-27,32-33,36H2,1-3H3. The summed E-state index contributed by atoms with van der Waals surface area (Å²) in [5.41, 5.74) is 1.31. The first-order valence-corrected chi connectivity index (χ1v) is 21.0. The molecule has 0 radical (unpaired) electrons. The van der Waals surface area contributed by atoms with Gasteiger partial charge in [-0.25, -0.2) is 0 Å². The molecule has 1 unspecified atom stereocenters. The van der Waals surface area contributed by atoms with Crippen LogP contribution in [0, 0.1) is 0 Å². The maximum absolute atomic E-state index is 10.5. The second kappa shape index (κ2) is 30.6. The molecule has 0 amide bonds. The largest absolute Gasteiger partial charge is 0.507 e. The Kier molecular flexibility index (Phi) is 26.5. The number of ether oxygens (including phenoxy) is 2. The average Bonchev–Trinajstić information content (AvgIpc) is 3.12. The highest BCUT2D eigenvalue weighted by atomic mass is 16.5. The van der Waals surface area contributed by atoms with E-state index < -0.39 is 0 Å². The van der Waals surface area contributed by atoms with Gasteiger partial charge in [0.25, 0.3) is 0 Å². The van der Waals surface area contributed by atoms with E-state index in [1.54, 1.807) is 24.6 Å². The van der Waals surface area contributed by atoms with Crippen LogP contribution in [0.4, 0.5) is 0 Å². The van der Waals surface area contributed by atoms with Gasteiger partial charge in [-0.3, -0.25) is 9.98 Å². The molecule has 1 atom stereocenters. The highest BCUT2D eigenvalue weighted by Gasteiger charge is 2.05. The number of unbranched alkanes of at least 4 members (excludes halogenated alkanes) is 22. The van der Waals surface area contributed by atoms with E-state index >= 15 is 0 Å². The first-order valence-electron chi connectivity index (χ1n) is 21.0. The van der Waals surface area contributed by atoms with E-state index in [1.165, 1.54) is 141 Å². The van der Waals surface area contributed by atoms with Crippen LogP contribution in [0.3, 0.4) is 0 Å². The van der Waals surface area contributed by atoms with Crippen molar-refractivity contribution in [1.82, 2.24) is 0 Å². The fourth-order valence-corrected chi connectivity index (χ4v) is 6.27. The molecular formula is C45H74N2O4. The van der Waals surface area contributed by atoms with Crippen LogP contribution in [0.2, 0.25) is 0 Å². The van der Waals surface area contributed by atoms with Crippen molar-refractivity contribution < 1.29 is 19.7 Å². The zero-order chi connectivity index (χ0) is 36.6. The molecule has 0 aliphatic rings. The number of phenols is 2. The highest BCUT2D eigenvalue weighted by molar-refractivity contribution is 5.84. The predicted molar refractivity (Wildman–Crippen MR) is 219 cm³/mol. The van der Waals surface area contributed by atoms with Gasteiger partial charge in [0.1, 0.15) is 23.0 Å². The summed E-state index contributed by atoms with van der Waals surface area (Å²) in [5.74, 6) is 1.69. The number of phenolic OH excluding ortho intramolecular Hbond substituents is 2. The third kappa shape index (κ3) is 23.2. The number of nitrogens with zero attached hydrogens (tertiary/aromatic N) is 2. The first-order chi connectivity index (χ1) is 25.0. The SMILES string of the molecule is CCCCCCCCCCCCCCOc1ccc(C=NCC(C)N=Cc2ccc(OCCCCCCCCCCCCCC)cc2O)c(O)c1. The van der Waals surface area contributed by atoms with Gasteiger partial charge in [0.2, 0.25) is 0 Å². The van der Waals surface area contributed by atoms with Gasteiger partial charge in [0.15, 0.2) is 0 Å². The van der Waals surface area contributed by atoms with Crippen molar-refractivity contribution in [2.75, 3.05) is 19.8 Å². The van der Waals surface area contributed by atoms with Crippen LogP contribution in [0.1, 0.15) is 186 Å². The van der Waals surface area contributed by atoms with Crippen molar-refractivity contribution >= 4 is 12.4 Å². The Morgan fingerprint density at radius 1 is 0.510 bits per heavy atom. The van der Waals surface area contributed by atoms with Crippen molar-refractivity contribution in [3.05, 3.63) is 47.5 Å². The highest BCUT2D eigenvalue weighted by Crippen LogP contribution is 2.24. The summed E-state index contributed by atoms with van der Waals surface area (Å²) in [5, 5.41) is 21.0. The zero-order valence-corrected chi connectivity index (χ0v) is 32.9. The number of hydrogen-bond acceptors (Lipinski definition) is 6. The lowest BCUT2D eigenvalue weighted by molar-refractivity contribution is 0.302. The lowest BCUT2D eigenvalue weighted by Crippen LogP contribution is -2.04. The van der Waals surface area contributed by atoms with E-state index in [-0.39, 0.29) is 17.5 Å². The van der Waals surface area contributed by atoms with Crippen LogP contribution in [0.25, 0.3) is 0 Å². The van der Waals surface area contributed by atoms with Gasteiger partial charge < -0.3 is 19.7 Å². The van der Waals surface area contributed by atoms with Crippen LogP contribution in [0.5, 0.6) is 23.0 Å². The van der Waals surface area contributed by atoms with Gasteiger partial charge in [-0.2, -0.15) is 0 Å². The van der Waals surface area contributed by atoms with E-state index in [0.717, 1.165) is 12.8 Å². The van der Waals surface area contributed by atoms with E-state index in [4.69, 9.17) is 9.47 Å². The Labute approximate surface area is 312 Å². The Hall–Kier alpha value is -3.02. The molecule has 0 aliphatic heterocycles. The number of rotatable bonds is 33. The molecule has 0 spiro atoms. The van der Waals surface area contributed by atoms with Crippen molar-refractivity contribution in [2.45, 2.75) is 181 Å². The number of aromatic hydroxyl groups is 2. The molecule has 288 valence electrons. The van der Waals surface area contributed by atoms with Gasteiger partial charge in [-0.05, 0) is 44.0 Å². The van der Waals surface area contributed by atoms with Crippen molar-refractivity contribution in [3.8, 4) is 23.0 Å². The third-order valence-electron chi connectivity index (χ3n) is 9.61. The van der Waals surface area contributed by atoms with Gasteiger partial charge in [-0.1, -0.05) is 155 Å². The van der Waals surface area contributed by atoms with Crippen LogP contribution in [-0.4, -0.2) is 48.4 Å². The molecule has 6 nitrogen and oxygen atoms in total. The van der Waals surface area contributed by atoms with Crippen molar-refractivity contribution in [2.24, 2.45) is 9.98 Å². The molecule has 0 bridgehead atoms. The van der Waals surface area contributed by atoms with Crippen LogP contribution in [0.15, 0.2) is 46.4 Å². The third-order valence-corrected chi connectivity index (χ3v) is 9.61. The molecular weight excluding hydrogens is 633 g/mol. The molecule has 2 aromatic carbocycles. The number of hydrogen-bond donors (Lipinski definition) is 2. The molecule has 0 fully saturated rings. The van der Waals surface area contributed by atoms with Gasteiger partial charge >= 0.3 is 0 Å². The van der Waals surface area contributed by atoms with Gasteiger partial charge in [0.05, 0.1) is 25.8 Å². The molecule has 0 aliphatic carbocycles. The summed E-state index contributed by atoms with van der Waals surface area (Å²) in [7, 11) is 0. The van der Waals surface area contributed by atoms with E-state index in [9.17, 15) is 10.2 Å². The minimum Gasteiger partial charge on any atom is -0.507 e. The van der Waals surface area contributed by atoms with Crippen molar-refractivity contribution in [3.63, 3.8) is 0 Å². The topological polar surface area (TPSA) is 83.6 Å². The lowest BCUT2D eigenvalue weighted by Gasteiger charge is -2.09. The molecule has 2 N–H and O–H groups in total. The zero-order valence-electron chi connectivity index (χ0n) is 32.9.